The molecule has 0 aromatic carbocycles. The molecule has 0 spiro atoms. The Labute approximate surface area is 92.3 Å². The zero-order chi connectivity index (χ0) is 11.8. The van der Waals surface area contributed by atoms with E-state index in [9.17, 15) is 4.79 Å². The monoisotopic (exact) mass is 217 g/mol. The summed E-state index contributed by atoms with van der Waals surface area (Å²) in [6, 6.07) is -0.369. The summed E-state index contributed by atoms with van der Waals surface area (Å²) in [5.74, 6) is 0.195. The van der Waals surface area contributed by atoms with Gasteiger partial charge in [-0.15, -0.1) is 0 Å². The molecule has 0 bridgehead atoms. The number of carbonyl (C=O) groups is 1. The highest BCUT2D eigenvalue weighted by atomic mass is 16.5. The van der Waals surface area contributed by atoms with E-state index in [1.807, 2.05) is 6.92 Å². The summed E-state index contributed by atoms with van der Waals surface area (Å²) in [7, 11) is 1.73. The smallest absolute Gasteiger partial charge is 0.325 e. The average molecular weight is 217 g/mol. The van der Waals surface area contributed by atoms with Gasteiger partial charge in [0.05, 0.1) is 19.3 Å². The van der Waals surface area contributed by atoms with E-state index in [0.29, 0.717) is 19.1 Å². The van der Waals surface area contributed by atoms with E-state index in [1.54, 1.807) is 14.0 Å². The highest BCUT2D eigenvalue weighted by Gasteiger charge is 2.19. The largest absolute Gasteiger partial charge is 0.465 e. The molecule has 4 nitrogen and oxygen atoms in total. The maximum absolute atomic E-state index is 11.4. The fraction of sp³-hybridized carbons (Fsp3) is 0.909. The number of hydrogen-bond donors (Lipinski definition) is 1. The summed E-state index contributed by atoms with van der Waals surface area (Å²) < 4.78 is 10.5. The molecule has 0 aliphatic heterocycles. The maximum atomic E-state index is 11.4. The van der Waals surface area contributed by atoms with E-state index < -0.39 is 0 Å². The molecule has 0 amide bonds. The van der Waals surface area contributed by atoms with Crippen molar-refractivity contribution in [1.82, 2.24) is 5.32 Å². The first-order valence-electron chi connectivity index (χ1n) is 5.48. The van der Waals surface area contributed by atoms with E-state index in [2.05, 4.69) is 19.2 Å². The van der Waals surface area contributed by atoms with Gasteiger partial charge in [0.2, 0.25) is 0 Å². The van der Waals surface area contributed by atoms with Crippen LogP contribution in [0, 0.1) is 5.92 Å². The Hall–Kier alpha value is -0.610. The van der Waals surface area contributed by atoms with Crippen LogP contribution >= 0.6 is 0 Å². The van der Waals surface area contributed by atoms with Crippen LogP contribution in [-0.2, 0) is 14.3 Å². The van der Waals surface area contributed by atoms with Crippen molar-refractivity contribution in [3.63, 3.8) is 0 Å². The van der Waals surface area contributed by atoms with Crippen molar-refractivity contribution in [2.24, 2.45) is 5.92 Å². The quantitative estimate of drug-likeness (QED) is 0.651. The van der Waals surface area contributed by atoms with Crippen LogP contribution in [0.15, 0.2) is 0 Å². The Morgan fingerprint density at radius 2 is 1.93 bits per heavy atom. The number of ether oxygens (including phenoxy) is 2. The summed E-state index contributed by atoms with van der Waals surface area (Å²) in [5, 5.41) is 2.88. The van der Waals surface area contributed by atoms with Crippen LogP contribution in [0.4, 0.5) is 0 Å². The molecule has 0 radical (unpaired) electrons. The average Bonchev–Trinajstić information content (AvgIpc) is 2.18. The Kier molecular flexibility index (Phi) is 7.34. The Morgan fingerprint density at radius 3 is 2.33 bits per heavy atom. The molecule has 0 aliphatic carbocycles. The van der Waals surface area contributed by atoms with E-state index in [1.165, 1.54) is 0 Å². The second-order valence-corrected chi connectivity index (χ2v) is 3.88. The van der Waals surface area contributed by atoms with E-state index >= 15 is 0 Å². The van der Waals surface area contributed by atoms with Crippen LogP contribution in [0.5, 0.6) is 0 Å². The van der Waals surface area contributed by atoms with E-state index in [4.69, 9.17) is 9.47 Å². The minimum Gasteiger partial charge on any atom is -0.465 e. The van der Waals surface area contributed by atoms with Crippen molar-refractivity contribution in [3.8, 4) is 0 Å². The number of esters is 1. The van der Waals surface area contributed by atoms with Gasteiger partial charge in [0.15, 0.2) is 0 Å². The lowest BCUT2D eigenvalue weighted by Gasteiger charge is -2.20. The SMILES string of the molecule is CCOC(=O)C(COC(C)C(C)C)NC. The van der Waals surface area contributed by atoms with Crippen LogP contribution in [0.1, 0.15) is 27.7 Å². The molecule has 0 aromatic heterocycles. The highest BCUT2D eigenvalue weighted by Crippen LogP contribution is 2.05. The fourth-order valence-corrected chi connectivity index (χ4v) is 0.953. The molecule has 0 rings (SSSR count). The van der Waals surface area contributed by atoms with Crippen molar-refractivity contribution in [3.05, 3.63) is 0 Å². The van der Waals surface area contributed by atoms with Crippen molar-refractivity contribution < 1.29 is 14.3 Å². The number of likely N-dealkylation sites (N-methyl/N-ethyl adjacent to an activating group) is 1. The zero-order valence-electron chi connectivity index (χ0n) is 10.4. The van der Waals surface area contributed by atoms with Gasteiger partial charge in [-0.05, 0) is 26.8 Å². The van der Waals surface area contributed by atoms with Crippen LogP contribution in [0.2, 0.25) is 0 Å². The van der Waals surface area contributed by atoms with Crippen molar-refractivity contribution in [1.29, 1.82) is 0 Å². The number of rotatable bonds is 7. The molecular formula is C11H23NO3. The van der Waals surface area contributed by atoms with Gasteiger partial charge in [0, 0.05) is 0 Å². The summed E-state index contributed by atoms with van der Waals surface area (Å²) in [4.78, 5) is 11.4. The zero-order valence-corrected chi connectivity index (χ0v) is 10.4. The van der Waals surface area contributed by atoms with Gasteiger partial charge >= 0.3 is 5.97 Å². The third-order valence-electron chi connectivity index (χ3n) is 2.38. The molecule has 2 atom stereocenters. The van der Waals surface area contributed by atoms with Crippen LogP contribution in [0.3, 0.4) is 0 Å². The Balaban J connectivity index is 3.94. The molecule has 15 heavy (non-hydrogen) atoms. The first kappa shape index (κ1) is 14.4. The molecule has 0 fully saturated rings. The lowest BCUT2D eigenvalue weighted by molar-refractivity contribution is -0.148. The predicted molar refractivity (Wildman–Crippen MR) is 59.7 cm³/mol. The predicted octanol–water partition coefficient (Wildman–Crippen LogP) is 1.20. The number of nitrogens with one attached hydrogen (secondary N) is 1. The van der Waals surface area contributed by atoms with Gasteiger partial charge in [-0.2, -0.15) is 0 Å². The molecule has 0 saturated heterocycles. The van der Waals surface area contributed by atoms with Crippen molar-refractivity contribution in [2.45, 2.75) is 39.8 Å². The summed E-state index contributed by atoms with van der Waals surface area (Å²) >= 11 is 0. The van der Waals surface area contributed by atoms with Crippen LogP contribution < -0.4 is 5.32 Å². The molecule has 0 aliphatic rings. The lowest BCUT2D eigenvalue weighted by Crippen LogP contribution is -2.40. The minimum absolute atomic E-state index is 0.148. The second-order valence-electron chi connectivity index (χ2n) is 3.88. The van der Waals surface area contributed by atoms with Gasteiger partial charge in [0.1, 0.15) is 6.04 Å². The summed E-state index contributed by atoms with van der Waals surface area (Å²) in [5.41, 5.74) is 0. The molecule has 0 aromatic rings. The third-order valence-corrected chi connectivity index (χ3v) is 2.38. The topological polar surface area (TPSA) is 47.6 Å². The number of carbonyl (C=O) groups excluding carboxylic acids is 1. The van der Waals surface area contributed by atoms with Gasteiger partial charge in [-0.25, -0.2) is 0 Å². The first-order valence-corrected chi connectivity index (χ1v) is 5.48. The van der Waals surface area contributed by atoms with Gasteiger partial charge in [0.25, 0.3) is 0 Å². The highest BCUT2D eigenvalue weighted by molar-refractivity contribution is 5.75. The van der Waals surface area contributed by atoms with Gasteiger partial charge < -0.3 is 14.8 Å². The Bertz CT molecular complexity index is 183. The Morgan fingerprint density at radius 1 is 1.33 bits per heavy atom. The van der Waals surface area contributed by atoms with Crippen molar-refractivity contribution >= 4 is 5.97 Å². The molecule has 0 heterocycles. The number of hydrogen-bond acceptors (Lipinski definition) is 4. The van der Waals surface area contributed by atoms with E-state index in [0.717, 1.165) is 0 Å². The third kappa shape index (κ3) is 5.74. The lowest BCUT2D eigenvalue weighted by atomic mass is 10.1. The van der Waals surface area contributed by atoms with E-state index in [-0.39, 0.29) is 18.1 Å². The van der Waals surface area contributed by atoms with Crippen LogP contribution in [-0.4, -0.2) is 38.4 Å². The molecule has 90 valence electrons. The fourth-order valence-electron chi connectivity index (χ4n) is 0.953. The molecule has 4 heteroatoms. The molecule has 0 saturated carbocycles. The molecule has 1 N–H and O–H groups in total. The van der Waals surface area contributed by atoms with Gasteiger partial charge in [-0.1, -0.05) is 13.8 Å². The van der Waals surface area contributed by atoms with Crippen molar-refractivity contribution in [2.75, 3.05) is 20.3 Å². The second kappa shape index (κ2) is 7.65. The first-order chi connectivity index (χ1) is 7.02. The standard InChI is InChI=1S/C11H23NO3/c1-6-14-11(13)10(12-5)7-15-9(4)8(2)3/h8-10,12H,6-7H2,1-5H3. The summed E-state index contributed by atoms with van der Waals surface area (Å²) in [6.45, 7) is 8.73. The van der Waals surface area contributed by atoms with Gasteiger partial charge in [-0.3, -0.25) is 4.79 Å². The maximum Gasteiger partial charge on any atom is 0.325 e. The molecule has 2 unspecified atom stereocenters. The minimum atomic E-state index is -0.369. The normalized spacial score (nSPS) is 15.1. The molecular weight excluding hydrogens is 194 g/mol. The van der Waals surface area contributed by atoms with Crippen LogP contribution in [0.25, 0.3) is 0 Å². The summed E-state index contributed by atoms with van der Waals surface area (Å²) in [6.07, 6.45) is 0.148.